The summed E-state index contributed by atoms with van der Waals surface area (Å²) in [6, 6.07) is 17.6. The number of likely N-dealkylation sites (tertiary alicyclic amines) is 1. The lowest BCUT2D eigenvalue weighted by atomic mass is 9.73. The summed E-state index contributed by atoms with van der Waals surface area (Å²) in [5.74, 6) is -1.97. The Hall–Kier alpha value is -4.01. The van der Waals surface area contributed by atoms with E-state index < -0.39 is 29.4 Å². The van der Waals surface area contributed by atoms with Crippen molar-refractivity contribution in [2.45, 2.75) is 56.1 Å². The van der Waals surface area contributed by atoms with Gasteiger partial charge in [-0.25, -0.2) is 9.48 Å². The Morgan fingerprint density at radius 3 is 2.03 bits per heavy atom. The molecule has 38 heavy (non-hydrogen) atoms. The van der Waals surface area contributed by atoms with Gasteiger partial charge < -0.3 is 14.4 Å². The second kappa shape index (κ2) is 10.8. The number of hydrogen-bond donors (Lipinski definition) is 0. The van der Waals surface area contributed by atoms with Crippen LogP contribution in [0.15, 0.2) is 66.9 Å². The minimum atomic E-state index is -1.31. The van der Waals surface area contributed by atoms with Crippen molar-refractivity contribution in [1.29, 1.82) is 0 Å². The summed E-state index contributed by atoms with van der Waals surface area (Å²) in [7, 11) is 2.61. The van der Waals surface area contributed by atoms with Crippen LogP contribution >= 0.6 is 0 Å². The van der Waals surface area contributed by atoms with Gasteiger partial charge >= 0.3 is 11.9 Å². The molecule has 0 N–H and O–H groups in total. The highest BCUT2D eigenvalue weighted by molar-refractivity contribution is 5.90. The molecule has 1 saturated heterocycles. The summed E-state index contributed by atoms with van der Waals surface area (Å²) in [5, 5.41) is 8.57. The zero-order valence-electron chi connectivity index (χ0n) is 21.7. The van der Waals surface area contributed by atoms with Gasteiger partial charge in [0.15, 0.2) is 0 Å². The van der Waals surface area contributed by atoms with Gasteiger partial charge in [0.1, 0.15) is 18.1 Å². The first kappa shape index (κ1) is 25.6. The van der Waals surface area contributed by atoms with Crippen LogP contribution in [0, 0.1) is 5.92 Å². The Balaban J connectivity index is 1.65. The van der Waals surface area contributed by atoms with E-state index in [0.29, 0.717) is 17.0 Å². The van der Waals surface area contributed by atoms with Crippen LogP contribution in [-0.2, 0) is 35.9 Å². The van der Waals surface area contributed by atoms with Gasteiger partial charge in [0, 0.05) is 12.1 Å². The van der Waals surface area contributed by atoms with Gasteiger partial charge in [-0.3, -0.25) is 9.59 Å². The fourth-order valence-electron chi connectivity index (χ4n) is 6.28. The van der Waals surface area contributed by atoms with Crippen molar-refractivity contribution in [3.63, 3.8) is 0 Å². The molecule has 3 aromatic rings. The van der Waals surface area contributed by atoms with Gasteiger partial charge in [-0.15, -0.1) is 5.10 Å². The Kier molecular flexibility index (Phi) is 7.26. The summed E-state index contributed by atoms with van der Waals surface area (Å²) >= 11 is 0. The fraction of sp³-hybridized carbons (Fsp3) is 0.414. The maximum atomic E-state index is 14.3. The maximum Gasteiger partial charge on any atom is 0.328 e. The van der Waals surface area contributed by atoms with E-state index in [4.69, 9.17) is 9.47 Å². The highest BCUT2D eigenvalue weighted by Crippen LogP contribution is 2.52. The van der Waals surface area contributed by atoms with Gasteiger partial charge in [0.05, 0.1) is 25.8 Å². The van der Waals surface area contributed by atoms with E-state index in [1.165, 1.54) is 23.8 Å². The molecule has 198 valence electrons. The zero-order chi connectivity index (χ0) is 26.7. The van der Waals surface area contributed by atoms with E-state index in [-0.39, 0.29) is 18.9 Å². The molecule has 1 saturated carbocycles. The van der Waals surface area contributed by atoms with Gasteiger partial charge in [-0.1, -0.05) is 78.7 Å². The molecule has 2 heterocycles. The summed E-state index contributed by atoms with van der Waals surface area (Å²) in [6.07, 6.45) is 6.33. The van der Waals surface area contributed by atoms with Crippen molar-refractivity contribution in [2.24, 2.45) is 5.92 Å². The molecule has 5 rings (SSSR count). The predicted molar refractivity (Wildman–Crippen MR) is 138 cm³/mol. The van der Waals surface area contributed by atoms with Gasteiger partial charge in [-0.2, -0.15) is 0 Å². The highest BCUT2D eigenvalue weighted by Gasteiger charge is 2.62. The average Bonchev–Trinajstić information content (AvgIpc) is 3.72. The smallest absolute Gasteiger partial charge is 0.328 e. The van der Waals surface area contributed by atoms with E-state index in [9.17, 15) is 14.4 Å². The highest BCUT2D eigenvalue weighted by atomic mass is 16.5. The predicted octanol–water partition coefficient (Wildman–Crippen LogP) is 3.44. The van der Waals surface area contributed by atoms with Gasteiger partial charge in [0.25, 0.3) is 0 Å². The van der Waals surface area contributed by atoms with Crippen molar-refractivity contribution in [3.8, 4) is 0 Å². The summed E-state index contributed by atoms with van der Waals surface area (Å²) in [4.78, 5) is 42.3. The Bertz CT molecular complexity index is 1250. The SMILES string of the molecule is COC(=O)[C@H]1C[C@@H](C(=O)OC)C(c2ccccc2)(c2ccccc2)N1C(=O)Cn1cc(C2CCCC2)nn1. The number of ether oxygens (including phenoxy) is 2. The monoisotopic (exact) mass is 516 g/mol. The van der Waals surface area contributed by atoms with Crippen molar-refractivity contribution in [1.82, 2.24) is 19.9 Å². The minimum Gasteiger partial charge on any atom is -0.469 e. The Labute approximate surface area is 221 Å². The third-order valence-corrected chi connectivity index (χ3v) is 7.94. The van der Waals surface area contributed by atoms with Crippen LogP contribution in [0.3, 0.4) is 0 Å². The molecule has 2 aromatic carbocycles. The van der Waals surface area contributed by atoms with Crippen LogP contribution in [0.5, 0.6) is 0 Å². The number of esters is 2. The molecule has 0 unspecified atom stereocenters. The first-order valence-electron chi connectivity index (χ1n) is 13.0. The Morgan fingerprint density at radius 1 is 0.895 bits per heavy atom. The normalized spacial score (nSPS) is 20.8. The standard InChI is InChI=1S/C29H32N4O5/c1-37-27(35)23-17-25(28(36)38-2)33(26(34)19-32-18-24(30-31-32)20-11-9-10-12-20)29(23,21-13-5-3-6-14-21)22-15-7-4-8-16-22/h3-8,13-16,18,20,23,25H,9-12,17,19H2,1-2H3/t23-,25+/m0/s1. The maximum absolute atomic E-state index is 14.3. The zero-order valence-corrected chi connectivity index (χ0v) is 21.7. The molecule has 1 amide bonds. The quantitative estimate of drug-likeness (QED) is 0.443. The van der Waals surface area contributed by atoms with E-state index in [2.05, 4.69) is 10.3 Å². The molecule has 9 heteroatoms. The number of carbonyl (C=O) groups is 3. The second-order valence-corrected chi connectivity index (χ2v) is 9.93. The number of aromatic nitrogens is 3. The molecule has 0 spiro atoms. The molecule has 1 aliphatic carbocycles. The lowest BCUT2D eigenvalue weighted by Crippen LogP contribution is -2.55. The van der Waals surface area contributed by atoms with Crippen molar-refractivity contribution >= 4 is 17.8 Å². The first-order chi connectivity index (χ1) is 18.5. The number of hydrogen-bond acceptors (Lipinski definition) is 7. The van der Waals surface area contributed by atoms with Crippen LogP contribution < -0.4 is 0 Å². The first-order valence-corrected chi connectivity index (χ1v) is 13.0. The number of nitrogens with zero attached hydrogens (tertiary/aromatic N) is 4. The number of benzene rings is 2. The van der Waals surface area contributed by atoms with Crippen molar-refractivity contribution in [2.75, 3.05) is 14.2 Å². The van der Waals surface area contributed by atoms with Crippen LogP contribution in [0.4, 0.5) is 0 Å². The van der Waals surface area contributed by atoms with E-state index >= 15 is 0 Å². The molecular formula is C29H32N4O5. The topological polar surface area (TPSA) is 104 Å². The molecule has 2 atom stereocenters. The van der Waals surface area contributed by atoms with Crippen LogP contribution in [0.25, 0.3) is 0 Å². The number of rotatable bonds is 7. The minimum absolute atomic E-state index is 0.0551. The van der Waals surface area contributed by atoms with Gasteiger partial charge in [0.2, 0.25) is 5.91 Å². The van der Waals surface area contributed by atoms with E-state index in [1.54, 1.807) is 0 Å². The molecule has 2 fully saturated rings. The van der Waals surface area contributed by atoms with E-state index in [1.807, 2.05) is 66.9 Å². The van der Waals surface area contributed by atoms with Crippen molar-refractivity contribution in [3.05, 3.63) is 83.7 Å². The molecule has 9 nitrogen and oxygen atoms in total. The summed E-state index contributed by atoms with van der Waals surface area (Å²) in [5.41, 5.74) is 0.977. The van der Waals surface area contributed by atoms with Crippen LogP contribution in [0.2, 0.25) is 0 Å². The Morgan fingerprint density at radius 2 is 1.47 bits per heavy atom. The summed E-state index contributed by atoms with van der Waals surface area (Å²) < 4.78 is 11.9. The lowest BCUT2D eigenvalue weighted by molar-refractivity contribution is -0.156. The molecule has 2 aliphatic rings. The van der Waals surface area contributed by atoms with E-state index in [0.717, 1.165) is 31.4 Å². The largest absolute Gasteiger partial charge is 0.469 e. The number of carbonyl (C=O) groups excluding carboxylic acids is 3. The third kappa shape index (κ3) is 4.36. The lowest BCUT2D eigenvalue weighted by Gasteiger charge is -2.43. The summed E-state index contributed by atoms with van der Waals surface area (Å²) in [6.45, 7) is -0.136. The molecular weight excluding hydrogens is 484 g/mol. The van der Waals surface area contributed by atoms with Crippen molar-refractivity contribution < 1.29 is 23.9 Å². The number of methoxy groups -OCH3 is 2. The average molecular weight is 517 g/mol. The van der Waals surface area contributed by atoms with Crippen LogP contribution in [-0.4, -0.2) is 58.0 Å². The van der Waals surface area contributed by atoms with Crippen LogP contribution in [0.1, 0.15) is 54.8 Å². The second-order valence-electron chi connectivity index (χ2n) is 9.93. The molecule has 0 bridgehead atoms. The molecule has 1 aliphatic heterocycles. The molecule has 0 radical (unpaired) electrons. The third-order valence-electron chi connectivity index (χ3n) is 7.94. The molecule has 1 aromatic heterocycles. The number of amides is 1. The fourth-order valence-corrected chi connectivity index (χ4v) is 6.28. The van der Waals surface area contributed by atoms with Gasteiger partial charge in [-0.05, 0) is 30.4 Å².